The second-order valence-corrected chi connectivity index (χ2v) is 5.95. The maximum absolute atomic E-state index is 13.9. The minimum absolute atomic E-state index is 0. The maximum Gasteiger partial charge on any atom is 0.128 e. The molecule has 1 unspecified atom stereocenters. The van der Waals surface area contributed by atoms with Crippen molar-refractivity contribution in [1.29, 1.82) is 0 Å². The Labute approximate surface area is 135 Å². The fraction of sp³-hybridized carbons (Fsp3) is 0.600. The molecule has 114 valence electrons. The van der Waals surface area contributed by atoms with Crippen LogP contribution in [0.1, 0.15) is 31.7 Å². The van der Waals surface area contributed by atoms with Crippen molar-refractivity contribution in [2.45, 2.75) is 38.8 Å². The van der Waals surface area contributed by atoms with E-state index in [1.807, 2.05) is 6.07 Å². The van der Waals surface area contributed by atoms with Gasteiger partial charge in [-0.3, -0.25) is 4.90 Å². The lowest BCUT2D eigenvalue weighted by molar-refractivity contribution is 0.180. The summed E-state index contributed by atoms with van der Waals surface area (Å²) in [7, 11) is 0. The molecule has 0 spiro atoms. The lowest BCUT2D eigenvalue weighted by Crippen LogP contribution is -2.35. The molecule has 5 heteroatoms. The van der Waals surface area contributed by atoms with Crippen molar-refractivity contribution in [2.24, 2.45) is 0 Å². The third-order valence-electron chi connectivity index (χ3n) is 3.89. The van der Waals surface area contributed by atoms with Gasteiger partial charge < -0.3 is 5.32 Å². The van der Waals surface area contributed by atoms with Gasteiger partial charge in [-0.2, -0.15) is 0 Å². The normalized spacial score (nSPS) is 19.5. The lowest BCUT2D eigenvalue weighted by atomic mass is 10.1. The van der Waals surface area contributed by atoms with E-state index >= 15 is 0 Å². The van der Waals surface area contributed by atoms with Crippen molar-refractivity contribution in [3.8, 4) is 0 Å². The third-order valence-corrected chi connectivity index (χ3v) is 4.63. The SMILES string of the molecule is CCN(Cc1c(F)cccc1Br)C1CCCNCC1.Cl. The quantitative estimate of drug-likeness (QED) is 0.868. The summed E-state index contributed by atoms with van der Waals surface area (Å²) in [6.07, 6.45) is 3.56. The second-order valence-electron chi connectivity index (χ2n) is 5.10. The average Bonchev–Trinajstić information content (AvgIpc) is 2.67. The summed E-state index contributed by atoms with van der Waals surface area (Å²) < 4.78 is 14.8. The van der Waals surface area contributed by atoms with Crippen LogP contribution in [-0.4, -0.2) is 30.6 Å². The Bertz CT molecular complexity index is 389. The highest BCUT2D eigenvalue weighted by atomic mass is 79.9. The van der Waals surface area contributed by atoms with Crippen LogP contribution in [0.2, 0.25) is 0 Å². The number of rotatable bonds is 4. The van der Waals surface area contributed by atoms with Crippen LogP contribution in [0.25, 0.3) is 0 Å². The van der Waals surface area contributed by atoms with E-state index in [1.165, 1.54) is 12.8 Å². The largest absolute Gasteiger partial charge is 0.317 e. The van der Waals surface area contributed by atoms with Crippen LogP contribution >= 0.6 is 28.3 Å². The summed E-state index contributed by atoms with van der Waals surface area (Å²) in [6, 6.07) is 5.77. The van der Waals surface area contributed by atoms with Gasteiger partial charge in [-0.25, -0.2) is 4.39 Å². The van der Waals surface area contributed by atoms with Crippen molar-refractivity contribution in [3.05, 3.63) is 34.1 Å². The first kappa shape index (κ1) is 17.9. The summed E-state index contributed by atoms with van der Waals surface area (Å²) in [4.78, 5) is 2.40. The van der Waals surface area contributed by atoms with Gasteiger partial charge in [0.2, 0.25) is 0 Å². The molecule has 0 amide bonds. The first-order valence-electron chi connectivity index (χ1n) is 7.10. The van der Waals surface area contributed by atoms with Gasteiger partial charge in [0.05, 0.1) is 0 Å². The number of nitrogens with one attached hydrogen (secondary N) is 1. The van der Waals surface area contributed by atoms with E-state index < -0.39 is 0 Å². The highest BCUT2D eigenvalue weighted by molar-refractivity contribution is 9.10. The highest BCUT2D eigenvalue weighted by Gasteiger charge is 2.20. The van der Waals surface area contributed by atoms with Crippen LogP contribution in [0, 0.1) is 5.82 Å². The minimum atomic E-state index is -0.112. The Morgan fingerprint density at radius 2 is 2.15 bits per heavy atom. The van der Waals surface area contributed by atoms with Crippen molar-refractivity contribution in [1.82, 2.24) is 10.2 Å². The maximum atomic E-state index is 13.9. The molecule has 1 aliphatic heterocycles. The third kappa shape index (κ3) is 4.69. The molecule has 1 atom stereocenters. The van der Waals surface area contributed by atoms with Crippen LogP contribution in [0.4, 0.5) is 4.39 Å². The highest BCUT2D eigenvalue weighted by Crippen LogP contribution is 2.24. The zero-order chi connectivity index (χ0) is 13.7. The molecule has 1 N–H and O–H groups in total. The smallest absolute Gasteiger partial charge is 0.128 e. The number of nitrogens with zero attached hydrogens (tertiary/aromatic N) is 1. The summed E-state index contributed by atoms with van der Waals surface area (Å²) in [5.41, 5.74) is 0.779. The molecule has 1 fully saturated rings. The molecule has 0 radical (unpaired) electrons. The van der Waals surface area contributed by atoms with Gasteiger partial charge in [0.15, 0.2) is 0 Å². The predicted molar refractivity (Wildman–Crippen MR) is 87.9 cm³/mol. The van der Waals surface area contributed by atoms with Gasteiger partial charge in [0, 0.05) is 22.6 Å². The monoisotopic (exact) mass is 364 g/mol. The van der Waals surface area contributed by atoms with E-state index in [1.54, 1.807) is 12.1 Å². The van der Waals surface area contributed by atoms with Gasteiger partial charge in [-0.15, -0.1) is 12.4 Å². The van der Waals surface area contributed by atoms with E-state index in [9.17, 15) is 4.39 Å². The van der Waals surface area contributed by atoms with Crippen molar-refractivity contribution < 1.29 is 4.39 Å². The first-order chi connectivity index (χ1) is 9.22. The Hall–Kier alpha value is -0.160. The second kappa shape index (κ2) is 8.98. The van der Waals surface area contributed by atoms with E-state index in [2.05, 4.69) is 33.1 Å². The van der Waals surface area contributed by atoms with E-state index in [-0.39, 0.29) is 18.2 Å². The average molecular weight is 366 g/mol. The zero-order valence-corrected chi connectivity index (χ0v) is 14.3. The van der Waals surface area contributed by atoms with Crippen LogP contribution in [0.5, 0.6) is 0 Å². The fourth-order valence-electron chi connectivity index (χ4n) is 2.75. The Morgan fingerprint density at radius 3 is 2.85 bits per heavy atom. The summed E-state index contributed by atoms with van der Waals surface area (Å²) in [5, 5.41) is 3.43. The first-order valence-corrected chi connectivity index (χ1v) is 7.89. The molecule has 0 aliphatic carbocycles. The number of hydrogen-bond acceptors (Lipinski definition) is 2. The van der Waals surface area contributed by atoms with Gasteiger partial charge in [-0.1, -0.05) is 28.9 Å². The number of benzene rings is 1. The van der Waals surface area contributed by atoms with Gasteiger partial charge in [0.1, 0.15) is 5.82 Å². The lowest BCUT2D eigenvalue weighted by Gasteiger charge is -2.30. The van der Waals surface area contributed by atoms with Gasteiger partial charge >= 0.3 is 0 Å². The van der Waals surface area contributed by atoms with Crippen molar-refractivity contribution in [2.75, 3.05) is 19.6 Å². The molecular formula is C15H23BrClFN2. The number of hydrogen-bond donors (Lipinski definition) is 1. The molecule has 2 rings (SSSR count). The van der Waals surface area contributed by atoms with Gasteiger partial charge in [-0.05, 0) is 51.0 Å². The Morgan fingerprint density at radius 1 is 1.35 bits per heavy atom. The standard InChI is InChI=1S/C15H22BrFN2.ClH/c1-2-19(12-5-4-9-18-10-8-12)11-13-14(16)6-3-7-15(13)17;/h3,6-7,12,18H,2,4-5,8-11H2,1H3;1H. The van der Waals surface area contributed by atoms with Crippen LogP contribution in [0.15, 0.2) is 22.7 Å². The molecule has 0 bridgehead atoms. The summed E-state index contributed by atoms with van der Waals surface area (Å²) >= 11 is 3.47. The molecular weight excluding hydrogens is 343 g/mol. The van der Waals surface area contributed by atoms with Gasteiger partial charge in [0.25, 0.3) is 0 Å². The van der Waals surface area contributed by atoms with Crippen molar-refractivity contribution >= 4 is 28.3 Å². The summed E-state index contributed by atoms with van der Waals surface area (Å²) in [5.74, 6) is -0.112. The number of halogens is 3. The molecule has 2 nitrogen and oxygen atoms in total. The van der Waals surface area contributed by atoms with E-state index in [0.717, 1.165) is 36.1 Å². The molecule has 1 aromatic carbocycles. The molecule has 1 aliphatic rings. The van der Waals surface area contributed by atoms with Crippen LogP contribution in [0.3, 0.4) is 0 Å². The topological polar surface area (TPSA) is 15.3 Å². The molecule has 1 saturated heterocycles. The van der Waals surface area contributed by atoms with E-state index in [4.69, 9.17) is 0 Å². The van der Waals surface area contributed by atoms with Crippen LogP contribution < -0.4 is 5.32 Å². The minimum Gasteiger partial charge on any atom is -0.317 e. The Kier molecular flexibility index (Phi) is 8.03. The molecule has 0 aromatic heterocycles. The Balaban J connectivity index is 0.00000200. The zero-order valence-electron chi connectivity index (χ0n) is 11.9. The molecule has 0 saturated carbocycles. The molecule has 1 heterocycles. The summed E-state index contributed by atoms with van der Waals surface area (Å²) in [6.45, 7) is 5.99. The van der Waals surface area contributed by atoms with Crippen molar-refractivity contribution in [3.63, 3.8) is 0 Å². The fourth-order valence-corrected chi connectivity index (χ4v) is 3.22. The molecule has 20 heavy (non-hydrogen) atoms. The van der Waals surface area contributed by atoms with E-state index in [0.29, 0.717) is 12.6 Å². The predicted octanol–water partition coefficient (Wildman–Crippen LogP) is 3.97. The molecule has 1 aromatic rings. The van der Waals surface area contributed by atoms with Crippen LogP contribution in [-0.2, 0) is 6.54 Å².